The van der Waals surface area contributed by atoms with E-state index in [1.807, 2.05) is 0 Å². The number of carbonyl (C=O) groups is 3. The van der Waals surface area contributed by atoms with Crippen LogP contribution in [0.4, 0.5) is 0 Å². The highest BCUT2D eigenvalue weighted by atomic mass is 16.4. The second-order valence-corrected chi connectivity index (χ2v) is 4.59. The SMILES string of the molecule is CC(N)(C(=O)N[C@H](CC(N)=O)C(=O)O)C1CC1. The van der Waals surface area contributed by atoms with E-state index in [2.05, 4.69) is 5.32 Å². The molecular formula is C10H17N3O4. The van der Waals surface area contributed by atoms with Crippen molar-refractivity contribution in [3.05, 3.63) is 0 Å². The van der Waals surface area contributed by atoms with Gasteiger partial charge in [-0.25, -0.2) is 4.79 Å². The molecule has 2 atom stereocenters. The first-order valence-electron chi connectivity index (χ1n) is 5.36. The summed E-state index contributed by atoms with van der Waals surface area (Å²) in [5, 5.41) is 11.1. The maximum atomic E-state index is 11.8. The third-order valence-corrected chi connectivity index (χ3v) is 2.92. The molecule has 1 aliphatic rings. The van der Waals surface area contributed by atoms with Gasteiger partial charge in [-0.2, -0.15) is 0 Å². The number of hydrogen-bond donors (Lipinski definition) is 4. The molecule has 6 N–H and O–H groups in total. The predicted octanol–water partition coefficient (Wildman–Crippen LogP) is -1.44. The number of amides is 2. The van der Waals surface area contributed by atoms with Gasteiger partial charge in [0, 0.05) is 0 Å². The lowest BCUT2D eigenvalue weighted by Gasteiger charge is -2.25. The van der Waals surface area contributed by atoms with Crippen LogP contribution < -0.4 is 16.8 Å². The first-order chi connectivity index (χ1) is 7.75. The third kappa shape index (κ3) is 3.42. The number of aliphatic carboxylic acids is 1. The third-order valence-electron chi connectivity index (χ3n) is 2.92. The Labute approximate surface area is 98.5 Å². The topological polar surface area (TPSA) is 136 Å². The smallest absolute Gasteiger partial charge is 0.326 e. The molecule has 7 heteroatoms. The van der Waals surface area contributed by atoms with Gasteiger partial charge in [0.05, 0.1) is 12.0 Å². The molecule has 7 nitrogen and oxygen atoms in total. The lowest BCUT2D eigenvalue weighted by atomic mass is 9.95. The van der Waals surface area contributed by atoms with Gasteiger partial charge in [-0.05, 0) is 25.7 Å². The normalized spacial score (nSPS) is 20.1. The largest absolute Gasteiger partial charge is 0.480 e. The number of nitrogens with two attached hydrogens (primary N) is 2. The van der Waals surface area contributed by atoms with E-state index >= 15 is 0 Å². The minimum absolute atomic E-state index is 0.0746. The number of hydrogen-bond acceptors (Lipinski definition) is 4. The second-order valence-electron chi connectivity index (χ2n) is 4.59. The maximum absolute atomic E-state index is 11.8. The highest BCUT2D eigenvalue weighted by molar-refractivity contribution is 5.92. The molecule has 0 spiro atoms. The van der Waals surface area contributed by atoms with Gasteiger partial charge in [-0.3, -0.25) is 9.59 Å². The molecule has 0 aromatic heterocycles. The Balaban J connectivity index is 2.63. The Hall–Kier alpha value is -1.63. The molecule has 17 heavy (non-hydrogen) atoms. The molecule has 96 valence electrons. The Morgan fingerprint density at radius 3 is 2.35 bits per heavy atom. The number of carboxylic acid groups (broad SMARTS) is 1. The van der Waals surface area contributed by atoms with Crippen LogP contribution in [0.3, 0.4) is 0 Å². The monoisotopic (exact) mass is 243 g/mol. The van der Waals surface area contributed by atoms with Gasteiger partial charge in [0.15, 0.2) is 0 Å². The van der Waals surface area contributed by atoms with Crippen molar-refractivity contribution >= 4 is 17.8 Å². The Morgan fingerprint density at radius 1 is 1.47 bits per heavy atom. The predicted molar refractivity (Wildman–Crippen MR) is 58.7 cm³/mol. The van der Waals surface area contributed by atoms with Gasteiger partial charge < -0.3 is 21.9 Å². The molecule has 2 amide bonds. The summed E-state index contributed by atoms with van der Waals surface area (Å²) >= 11 is 0. The minimum Gasteiger partial charge on any atom is -0.480 e. The highest BCUT2D eigenvalue weighted by Gasteiger charge is 2.45. The zero-order valence-corrected chi connectivity index (χ0v) is 9.60. The van der Waals surface area contributed by atoms with Crippen LogP contribution in [0.1, 0.15) is 26.2 Å². The molecule has 0 aliphatic heterocycles. The number of primary amides is 1. The Bertz CT molecular complexity index is 349. The summed E-state index contributed by atoms with van der Waals surface area (Å²) in [4.78, 5) is 33.3. The van der Waals surface area contributed by atoms with Crippen LogP contribution in [0.2, 0.25) is 0 Å². The molecule has 1 saturated carbocycles. The van der Waals surface area contributed by atoms with E-state index in [1.165, 1.54) is 0 Å². The van der Waals surface area contributed by atoms with Gasteiger partial charge >= 0.3 is 5.97 Å². The van der Waals surface area contributed by atoms with Crippen molar-refractivity contribution in [3.63, 3.8) is 0 Å². The number of nitrogens with one attached hydrogen (secondary N) is 1. The van der Waals surface area contributed by atoms with Crippen molar-refractivity contribution in [1.82, 2.24) is 5.32 Å². The second kappa shape index (κ2) is 4.70. The molecular weight excluding hydrogens is 226 g/mol. The zero-order valence-electron chi connectivity index (χ0n) is 9.60. The molecule has 1 rings (SSSR count). The Kier molecular flexibility index (Phi) is 3.72. The van der Waals surface area contributed by atoms with Crippen LogP contribution in [0.15, 0.2) is 0 Å². The maximum Gasteiger partial charge on any atom is 0.326 e. The van der Waals surface area contributed by atoms with E-state index in [9.17, 15) is 14.4 Å². The van der Waals surface area contributed by atoms with Gasteiger partial charge in [-0.1, -0.05) is 0 Å². The quantitative estimate of drug-likeness (QED) is 0.453. The molecule has 0 aromatic rings. The van der Waals surface area contributed by atoms with Crippen LogP contribution >= 0.6 is 0 Å². The van der Waals surface area contributed by atoms with Crippen molar-refractivity contribution in [1.29, 1.82) is 0 Å². The summed E-state index contributed by atoms with van der Waals surface area (Å²) in [7, 11) is 0. The standard InChI is InChI=1S/C10H17N3O4/c1-10(12,5-2-3-5)9(17)13-6(8(15)16)4-7(11)14/h5-6H,2-4,12H2,1H3,(H2,11,14)(H,13,17)(H,15,16)/t6-,10?/m1/s1. The van der Waals surface area contributed by atoms with Gasteiger partial charge in [0.25, 0.3) is 0 Å². The molecule has 0 heterocycles. The van der Waals surface area contributed by atoms with Crippen LogP contribution in [0.5, 0.6) is 0 Å². The summed E-state index contributed by atoms with van der Waals surface area (Å²) in [6, 6.07) is -1.32. The average Bonchev–Trinajstić information content (AvgIpc) is 2.98. The van der Waals surface area contributed by atoms with Crippen LogP contribution in [0, 0.1) is 5.92 Å². The highest BCUT2D eigenvalue weighted by Crippen LogP contribution is 2.38. The fraction of sp³-hybridized carbons (Fsp3) is 0.700. The van der Waals surface area contributed by atoms with Crippen molar-refractivity contribution in [2.24, 2.45) is 17.4 Å². The average molecular weight is 243 g/mol. The van der Waals surface area contributed by atoms with E-state index in [0.29, 0.717) is 0 Å². The first kappa shape index (κ1) is 13.4. The fourth-order valence-electron chi connectivity index (χ4n) is 1.58. The lowest BCUT2D eigenvalue weighted by Crippen LogP contribution is -2.57. The summed E-state index contributed by atoms with van der Waals surface area (Å²) in [5.41, 5.74) is 9.63. The Morgan fingerprint density at radius 2 is 2.00 bits per heavy atom. The van der Waals surface area contributed by atoms with Crippen molar-refractivity contribution in [2.45, 2.75) is 37.8 Å². The number of carboxylic acids is 1. The molecule has 1 fully saturated rings. The van der Waals surface area contributed by atoms with E-state index in [0.717, 1.165) is 12.8 Å². The summed E-state index contributed by atoms with van der Waals surface area (Å²) < 4.78 is 0. The molecule has 0 radical (unpaired) electrons. The van der Waals surface area contributed by atoms with Crippen LogP contribution in [-0.2, 0) is 14.4 Å². The summed E-state index contributed by atoms with van der Waals surface area (Å²) in [6.07, 6.45) is 1.27. The molecule has 0 bridgehead atoms. The lowest BCUT2D eigenvalue weighted by molar-refractivity contribution is -0.144. The van der Waals surface area contributed by atoms with E-state index in [4.69, 9.17) is 16.6 Å². The number of carbonyl (C=O) groups excluding carboxylic acids is 2. The van der Waals surface area contributed by atoms with Crippen molar-refractivity contribution in [2.75, 3.05) is 0 Å². The number of rotatable bonds is 6. The molecule has 1 unspecified atom stereocenters. The van der Waals surface area contributed by atoms with Gasteiger partial charge in [0.1, 0.15) is 6.04 Å². The summed E-state index contributed by atoms with van der Waals surface area (Å²) in [5.74, 6) is -2.58. The first-order valence-corrected chi connectivity index (χ1v) is 5.36. The van der Waals surface area contributed by atoms with Crippen molar-refractivity contribution in [3.8, 4) is 0 Å². The molecule has 0 aromatic carbocycles. The van der Waals surface area contributed by atoms with E-state index in [1.54, 1.807) is 6.92 Å². The zero-order chi connectivity index (χ0) is 13.2. The van der Waals surface area contributed by atoms with Gasteiger partial charge in [0.2, 0.25) is 11.8 Å². The minimum atomic E-state index is -1.32. The molecule has 1 aliphatic carbocycles. The van der Waals surface area contributed by atoms with E-state index in [-0.39, 0.29) is 5.92 Å². The summed E-state index contributed by atoms with van der Waals surface area (Å²) in [6.45, 7) is 1.56. The van der Waals surface area contributed by atoms with Crippen LogP contribution in [0.25, 0.3) is 0 Å². The van der Waals surface area contributed by atoms with Crippen molar-refractivity contribution < 1.29 is 19.5 Å². The van der Waals surface area contributed by atoms with Crippen LogP contribution in [-0.4, -0.2) is 34.5 Å². The fourth-order valence-corrected chi connectivity index (χ4v) is 1.58. The van der Waals surface area contributed by atoms with E-state index < -0.39 is 35.8 Å². The van der Waals surface area contributed by atoms with Gasteiger partial charge in [-0.15, -0.1) is 0 Å². The molecule has 0 saturated heterocycles.